The highest BCUT2D eigenvalue weighted by Gasteiger charge is 2.26. The van der Waals surface area contributed by atoms with Crippen molar-refractivity contribution in [2.24, 2.45) is 7.05 Å². The topological polar surface area (TPSA) is 71.0 Å². The van der Waals surface area contributed by atoms with Gasteiger partial charge in [-0.1, -0.05) is 13.8 Å². The quantitative estimate of drug-likeness (QED) is 0.862. The highest BCUT2D eigenvalue weighted by Crippen LogP contribution is 2.28. The van der Waals surface area contributed by atoms with E-state index in [0.717, 1.165) is 17.1 Å². The number of aromatic amines is 1. The lowest BCUT2D eigenvalue weighted by Gasteiger charge is -2.18. The first kappa shape index (κ1) is 17.0. The van der Waals surface area contributed by atoms with Crippen molar-refractivity contribution < 1.29 is 9.59 Å². The largest absolute Gasteiger partial charge is 0.354 e. The monoisotopic (exact) mass is 316 g/mol. The van der Waals surface area contributed by atoms with Crippen molar-refractivity contribution in [2.75, 3.05) is 7.05 Å². The van der Waals surface area contributed by atoms with Gasteiger partial charge in [0.25, 0.3) is 5.91 Å². The summed E-state index contributed by atoms with van der Waals surface area (Å²) in [5.74, 6) is 0.738. The zero-order chi connectivity index (χ0) is 17.3. The van der Waals surface area contributed by atoms with Crippen LogP contribution < -0.4 is 0 Å². The van der Waals surface area contributed by atoms with Crippen molar-refractivity contribution in [3.05, 3.63) is 40.7 Å². The molecule has 0 aliphatic carbocycles. The summed E-state index contributed by atoms with van der Waals surface area (Å²) in [5.41, 5.74) is 2.68. The zero-order valence-corrected chi connectivity index (χ0v) is 14.6. The van der Waals surface area contributed by atoms with Gasteiger partial charge in [0, 0.05) is 37.7 Å². The first-order valence-electron chi connectivity index (χ1n) is 7.69. The normalized spacial score (nSPS) is 11.1. The fourth-order valence-corrected chi connectivity index (χ4v) is 2.87. The molecule has 0 bridgehead atoms. The molecule has 0 atom stereocenters. The van der Waals surface area contributed by atoms with Gasteiger partial charge >= 0.3 is 0 Å². The van der Waals surface area contributed by atoms with E-state index < -0.39 is 0 Å². The van der Waals surface area contributed by atoms with Crippen molar-refractivity contribution in [2.45, 2.75) is 40.2 Å². The lowest BCUT2D eigenvalue weighted by molar-refractivity contribution is 0.0773. The smallest absolute Gasteiger partial charge is 0.270 e. The van der Waals surface area contributed by atoms with E-state index in [2.05, 4.69) is 9.97 Å². The van der Waals surface area contributed by atoms with Crippen LogP contribution in [0, 0.1) is 6.92 Å². The number of hydrogen-bond donors (Lipinski definition) is 1. The number of carbonyl (C=O) groups excluding carboxylic acids is 2. The first-order valence-corrected chi connectivity index (χ1v) is 7.69. The number of imidazole rings is 1. The summed E-state index contributed by atoms with van der Waals surface area (Å²) in [5, 5.41) is 0. The second-order valence-electron chi connectivity index (χ2n) is 6.24. The number of aryl methyl sites for hydroxylation is 2. The Morgan fingerprint density at radius 1 is 1.39 bits per heavy atom. The zero-order valence-electron chi connectivity index (χ0n) is 14.6. The molecule has 2 rings (SSSR count). The summed E-state index contributed by atoms with van der Waals surface area (Å²) in [6.07, 6.45) is 3.56. The van der Waals surface area contributed by atoms with Crippen molar-refractivity contribution >= 4 is 11.7 Å². The number of H-pyrrole nitrogens is 1. The van der Waals surface area contributed by atoms with Gasteiger partial charge in [-0.2, -0.15) is 0 Å². The number of carbonyl (C=O) groups is 2. The minimum Gasteiger partial charge on any atom is -0.354 e. The molecule has 124 valence electrons. The molecule has 2 heterocycles. The molecular formula is C17H24N4O2. The average Bonchev–Trinajstić information content (AvgIpc) is 3.01. The van der Waals surface area contributed by atoms with Gasteiger partial charge in [0.2, 0.25) is 0 Å². The lowest BCUT2D eigenvalue weighted by atomic mass is 9.95. The molecular weight excluding hydrogens is 292 g/mol. The van der Waals surface area contributed by atoms with Crippen LogP contribution in [0.1, 0.15) is 64.6 Å². The van der Waals surface area contributed by atoms with E-state index >= 15 is 0 Å². The van der Waals surface area contributed by atoms with E-state index in [1.807, 2.05) is 38.6 Å². The number of amides is 1. The van der Waals surface area contributed by atoms with Gasteiger partial charge in [-0.15, -0.1) is 0 Å². The third kappa shape index (κ3) is 3.21. The van der Waals surface area contributed by atoms with Gasteiger partial charge in [0.15, 0.2) is 5.78 Å². The molecule has 0 unspecified atom stereocenters. The third-order valence-electron chi connectivity index (χ3n) is 4.02. The Morgan fingerprint density at radius 2 is 2.04 bits per heavy atom. The number of nitrogens with zero attached hydrogens (tertiary/aromatic N) is 3. The van der Waals surface area contributed by atoms with Gasteiger partial charge in [0.05, 0.1) is 6.54 Å². The number of Topliss-reactive ketones (excluding diaryl/α,β-unsaturated/α-hetero) is 1. The molecule has 0 radical (unpaired) electrons. The van der Waals surface area contributed by atoms with E-state index in [-0.39, 0.29) is 17.6 Å². The molecule has 6 heteroatoms. The minimum atomic E-state index is -0.132. The van der Waals surface area contributed by atoms with E-state index in [9.17, 15) is 9.59 Å². The average molecular weight is 316 g/mol. The lowest BCUT2D eigenvalue weighted by Crippen LogP contribution is -2.28. The SMILES string of the molecule is CC(=O)c1c(C)[nH]c(C(=O)N(C)Cc2nccn2C)c1C(C)C. The predicted molar refractivity (Wildman–Crippen MR) is 88.6 cm³/mol. The van der Waals surface area contributed by atoms with Crippen LogP contribution in [-0.4, -0.2) is 38.2 Å². The molecule has 23 heavy (non-hydrogen) atoms. The Labute approximate surface area is 136 Å². The summed E-state index contributed by atoms with van der Waals surface area (Å²) < 4.78 is 1.88. The van der Waals surface area contributed by atoms with E-state index in [1.165, 1.54) is 6.92 Å². The second-order valence-corrected chi connectivity index (χ2v) is 6.24. The highest BCUT2D eigenvalue weighted by atomic mass is 16.2. The Morgan fingerprint density at radius 3 is 2.52 bits per heavy atom. The van der Waals surface area contributed by atoms with Crippen LogP contribution in [0.5, 0.6) is 0 Å². The summed E-state index contributed by atoms with van der Waals surface area (Å²) in [6.45, 7) is 7.76. The molecule has 2 aromatic heterocycles. The minimum absolute atomic E-state index is 0.0201. The molecule has 0 aliphatic rings. The number of rotatable bonds is 5. The van der Waals surface area contributed by atoms with E-state index in [4.69, 9.17) is 0 Å². The van der Waals surface area contributed by atoms with Gasteiger partial charge < -0.3 is 14.5 Å². The molecule has 0 spiro atoms. The number of nitrogens with one attached hydrogen (secondary N) is 1. The summed E-state index contributed by atoms with van der Waals surface area (Å²) in [7, 11) is 3.64. The van der Waals surface area contributed by atoms with Crippen molar-refractivity contribution in [1.29, 1.82) is 0 Å². The maximum atomic E-state index is 12.8. The molecule has 0 aromatic carbocycles. The molecule has 2 aromatic rings. The number of ketones is 1. The highest BCUT2D eigenvalue weighted by molar-refractivity contribution is 6.02. The summed E-state index contributed by atoms with van der Waals surface area (Å²) in [6, 6.07) is 0. The summed E-state index contributed by atoms with van der Waals surface area (Å²) in [4.78, 5) is 33.8. The van der Waals surface area contributed by atoms with E-state index in [1.54, 1.807) is 18.1 Å². The van der Waals surface area contributed by atoms with Crippen LogP contribution in [0.2, 0.25) is 0 Å². The molecule has 1 amide bonds. The number of aromatic nitrogens is 3. The predicted octanol–water partition coefficient (Wildman–Crippen LogP) is 2.65. The van der Waals surface area contributed by atoms with Gasteiger partial charge in [-0.05, 0) is 25.3 Å². The Balaban J connectivity index is 2.37. The van der Waals surface area contributed by atoms with Crippen molar-refractivity contribution in [3.63, 3.8) is 0 Å². The van der Waals surface area contributed by atoms with Gasteiger partial charge in [-0.3, -0.25) is 9.59 Å². The molecule has 0 saturated carbocycles. The molecule has 0 fully saturated rings. The van der Waals surface area contributed by atoms with Crippen LogP contribution in [-0.2, 0) is 13.6 Å². The van der Waals surface area contributed by atoms with Gasteiger partial charge in [-0.25, -0.2) is 4.98 Å². The Kier molecular flexibility index (Phi) is 4.73. The van der Waals surface area contributed by atoms with Crippen LogP contribution in [0.25, 0.3) is 0 Å². The standard InChI is InChI=1S/C17H24N4O2/c1-10(2)14-15(12(4)22)11(3)19-16(14)17(23)21(6)9-13-18-7-8-20(13)5/h7-8,10,19H,9H2,1-6H3. The number of hydrogen-bond acceptors (Lipinski definition) is 3. The molecule has 0 aliphatic heterocycles. The molecule has 6 nitrogen and oxygen atoms in total. The fraction of sp³-hybridized carbons (Fsp3) is 0.471. The first-order chi connectivity index (χ1) is 10.7. The summed E-state index contributed by atoms with van der Waals surface area (Å²) >= 11 is 0. The van der Waals surface area contributed by atoms with Crippen LogP contribution in [0.4, 0.5) is 0 Å². The maximum Gasteiger partial charge on any atom is 0.270 e. The molecule has 1 N–H and O–H groups in total. The van der Waals surface area contributed by atoms with Crippen molar-refractivity contribution in [3.8, 4) is 0 Å². The van der Waals surface area contributed by atoms with Crippen LogP contribution in [0.15, 0.2) is 12.4 Å². The van der Waals surface area contributed by atoms with Gasteiger partial charge in [0.1, 0.15) is 11.5 Å². The Bertz CT molecular complexity index is 740. The van der Waals surface area contributed by atoms with Crippen LogP contribution in [0.3, 0.4) is 0 Å². The van der Waals surface area contributed by atoms with E-state index in [0.29, 0.717) is 17.8 Å². The fourth-order valence-electron chi connectivity index (χ4n) is 2.87. The van der Waals surface area contributed by atoms with Crippen LogP contribution >= 0.6 is 0 Å². The van der Waals surface area contributed by atoms with Crippen molar-refractivity contribution in [1.82, 2.24) is 19.4 Å². The Hall–Kier alpha value is -2.37. The third-order valence-corrected chi connectivity index (χ3v) is 4.02. The maximum absolute atomic E-state index is 12.8. The molecule has 0 saturated heterocycles. The second kappa shape index (κ2) is 6.40.